The highest BCUT2D eigenvalue weighted by atomic mass is 35.5. The van der Waals surface area contributed by atoms with Crippen LogP contribution >= 0.6 is 22.9 Å². The fourth-order valence-corrected chi connectivity index (χ4v) is 5.42. The van der Waals surface area contributed by atoms with Crippen molar-refractivity contribution in [2.75, 3.05) is 11.9 Å². The van der Waals surface area contributed by atoms with E-state index in [1.807, 2.05) is 24.3 Å². The number of esters is 1. The van der Waals surface area contributed by atoms with Gasteiger partial charge < -0.3 is 14.8 Å². The van der Waals surface area contributed by atoms with Crippen LogP contribution < -0.4 is 10.1 Å². The lowest BCUT2D eigenvalue weighted by Crippen LogP contribution is -2.16. The van der Waals surface area contributed by atoms with Crippen molar-refractivity contribution in [3.05, 3.63) is 86.3 Å². The molecule has 8 heteroatoms. The van der Waals surface area contributed by atoms with Crippen molar-refractivity contribution in [3.63, 3.8) is 0 Å². The highest BCUT2D eigenvalue weighted by molar-refractivity contribution is 7.17. The molecule has 36 heavy (non-hydrogen) atoms. The number of carbonyl (C=O) groups is 2. The number of carbonyl (C=O) groups excluding carboxylic acids is 2. The quantitative estimate of drug-likeness (QED) is 0.206. The Morgan fingerprint density at radius 2 is 1.89 bits per heavy atom. The molecule has 1 heterocycles. The van der Waals surface area contributed by atoms with Crippen molar-refractivity contribution in [2.45, 2.75) is 39.2 Å². The maximum atomic E-state index is 13.1. The Morgan fingerprint density at radius 1 is 1.14 bits per heavy atom. The molecule has 1 amide bonds. The number of nitrogens with zero attached hydrogens (tertiary/aromatic N) is 1. The first-order chi connectivity index (χ1) is 17.5. The smallest absolute Gasteiger partial charge is 0.341 e. The average molecular weight is 521 g/mol. The zero-order chi connectivity index (χ0) is 25.5. The number of rotatable bonds is 8. The zero-order valence-corrected chi connectivity index (χ0v) is 21.4. The van der Waals surface area contributed by atoms with Crippen molar-refractivity contribution in [3.8, 4) is 11.8 Å². The Hall–Kier alpha value is -3.60. The van der Waals surface area contributed by atoms with Crippen LogP contribution in [0.25, 0.3) is 6.08 Å². The topological polar surface area (TPSA) is 88.4 Å². The summed E-state index contributed by atoms with van der Waals surface area (Å²) >= 11 is 7.33. The maximum absolute atomic E-state index is 13.1. The molecule has 0 spiro atoms. The number of hydrogen-bond acceptors (Lipinski definition) is 6. The predicted molar refractivity (Wildman–Crippen MR) is 141 cm³/mol. The number of halogens is 1. The van der Waals surface area contributed by atoms with Gasteiger partial charge in [0.15, 0.2) is 0 Å². The van der Waals surface area contributed by atoms with E-state index < -0.39 is 11.9 Å². The predicted octanol–water partition coefficient (Wildman–Crippen LogP) is 6.58. The van der Waals surface area contributed by atoms with Crippen molar-refractivity contribution in [1.29, 1.82) is 5.26 Å². The van der Waals surface area contributed by atoms with E-state index in [4.69, 9.17) is 21.1 Å². The van der Waals surface area contributed by atoms with Gasteiger partial charge in [0, 0.05) is 15.5 Å². The maximum Gasteiger partial charge on any atom is 0.341 e. The molecule has 0 bridgehead atoms. The summed E-state index contributed by atoms with van der Waals surface area (Å²) in [7, 11) is 0. The van der Waals surface area contributed by atoms with Crippen molar-refractivity contribution in [1.82, 2.24) is 0 Å². The van der Waals surface area contributed by atoms with Gasteiger partial charge in [-0.15, -0.1) is 11.3 Å². The Bertz CT molecular complexity index is 1340. The molecule has 0 atom stereocenters. The van der Waals surface area contributed by atoms with Gasteiger partial charge in [0.1, 0.15) is 29.0 Å². The summed E-state index contributed by atoms with van der Waals surface area (Å²) in [5, 5.41) is 13.6. The molecule has 1 aromatic heterocycles. The Labute approximate surface area is 219 Å². The summed E-state index contributed by atoms with van der Waals surface area (Å²) in [6.07, 6.45) is 5.15. The largest absolute Gasteiger partial charge is 0.488 e. The number of nitriles is 1. The molecule has 0 radical (unpaired) electrons. The second-order valence-corrected chi connectivity index (χ2v) is 9.75. The number of aryl methyl sites for hydroxylation is 1. The van der Waals surface area contributed by atoms with Crippen LogP contribution in [-0.4, -0.2) is 18.5 Å². The van der Waals surface area contributed by atoms with Gasteiger partial charge in [0.2, 0.25) is 0 Å². The molecule has 4 rings (SSSR count). The molecular formula is C28H25ClN2O4S. The lowest BCUT2D eigenvalue weighted by Gasteiger charge is -2.12. The lowest BCUT2D eigenvalue weighted by atomic mass is 9.95. The summed E-state index contributed by atoms with van der Waals surface area (Å²) in [6, 6.07) is 16.5. The monoisotopic (exact) mass is 520 g/mol. The number of anilines is 1. The van der Waals surface area contributed by atoms with Crippen molar-refractivity contribution < 1.29 is 19.1 Å². The van der Waals surface area contributed by atoms with E-state index in [0.717, 1.165) is 41.7 Å². The minimum atomic E-state index is -0.589. The first kappa shape index (κ1) is 25.5. The van der Waals surface area contributed by atoms with Crippen LogP contribution in [0.2, 0.25) is 5.02 Å². The van der Waals surface area contributed by atoms with E-state index in [0.29, 0.717) is 33.5 Å². The van der Waals surface area contributed by atoms with Gasteiger partial charge in [-0.2, -0.15) is 5.26 Å². The van der Waals surface area contributed by atoms with Crippen LogP contribution in [0.4, 0.5) is 5.00 Å². The third kappa shape index (κ3) is 5.96. The van der Waals surface area contributed by atoms with Gasteiger partial charge in [-0.25, -0.2) is 4.79 Å². The fourth-order valence-electron chi connectivity index (χ4n) is 4.02. The summed E-state index contributed by atoms with van der Waals surface area (Å²) in [5.74, 6) is -0.503. The van der Waals surface area contributed by atoms with E-state index in [1.165, 1.54) is 17.4 Å². The van der Waals surface area contributed by atoms with Gasteiger partial charge in [0.25, 0.3) is 5.91 Å². The normalized spacial score (nSPS) is 12.9. The molecule has 2 aromatic carbocycles. The Kier molecular flexibility index (Phi) is 8.42. The standard InChI is InChI=1S/C28H25ClN2O4S/c1-2-34-28(33)25-22-8-4-6-10-24(22)36-27(25)31-26(32)20(16-30)15-19-7-3-5-9-23(19)35-17-18-11-13-21(29)14-12-18/h3,5,7,9,11-15H,2,4,6,8,10,17H2,1H3,(H,31,32)/b20-15+. The second-order valence-electron chi connectivity index (χ2n) is 8.21. The average Bonchev–Trinajstić information content (AvgIpc) is 3.25. The number of amides is 1. The molecule has 1 aliphatic carbocycles. The third-order valence-corrected chi connectivity index (χ3v) is 7.23. The van der Waals surface area contributed by atoms with Gasteiger partial charge in [-0.05, 0) is 68.0 Å². The van der Waals surface area contributed by atoms with E-state index in [9.17, 15) is 14.9 Å². The number of para-hydroxylation sites is 1. The number of fused-ring (bicyclic) bond motifs is 1. The van der Waals surface area contributed by atoms with E-state index in [1.54, 1.807) is 37.3 Å². The molecule has 0 saturated carbocycles. The highest BCUT2D eigenvalue weighted by Crippen LogP contribution is 2.39. The molecule has 0 fully saturated rings. The van der Waals surface area contributed by atoms with Gasteiger partial charge >= 0.3 is 5.97 Å². The molecule has 184 valence electrons. The molecule has 3 aromatic rings. The first-order valence-corrected chi connectivity index (χ1v) is 12.9. The van der Waals surface area contributed by atoms with E-state index in [2.05, 4.69) is 5.32 Å². The van der Waals surface area contributed by atoms with Crippen molar-refractivity contribution >= 4 is 45.9 Å². The Balaban J connectivity index is 1.57. The fraction of sp³-hybridized carbons (Fsp3) is 0.250. The number of thiophene rings is 1. The van der Waals surface area contributed by atoms with Crippen LogP contribution in [0.3, 0.4) is 0 Å². The van der Waals surface area contributed by atoms with Crippen molar-refractivity contribution in [2.24, 2.45) is 0 Å². The van der Waals surface area contributed by atoms with E-state index in [-0.39, 0.29) is 12.2 Å². The summed E-state index contributed by atoms with van der Waals surface area (Å²) in [4.78, 5) is 26.9. The van der Waals surface area contributed by atoms with Crippen LogP contribution in [0, 0.1) is 11.3 Å². The molecule has 0 unspecified atom stereocenters. The lowest BCUT2D eigenvalue weighted by molar-refractivity contribution is -0.112. The first-order valence-electron chi connectivity index (χ1n) is 11.7. The minimum absolute atomic E-state index is 0.0984. The number of benzene rings is 2. The summed E-state index contributed by atoms with van der Waals surface area (Å²) in [5.41, 5.74) is 2.79. The molecule has 0 saturated heterocycles. The molecule has 0 aliphatic heterocycles. The second kappa shape index (κ2) is 11.9. The summed E-state index contributed by atoms with van der Waals surface area (Å²) < 4.78 is 11.2. The van der Waals surface area contributed by atoms with Crippen LogP contribution in [0.15, 0.2) is 54.1 Å². The number of hydrogen-bond donors (Lipinski definition) is 1. The Morgan fingerprint density at radius 3 is 2.64 bits per heavy atom. The highest BCUT2D eigenvalue weighted by Gasteiger charge is 2.27. The molecular weight excluding hydrogens is 496 g/mol. The minimum Gasteiger partial charge on any atom is -0.488 e. The molecule has 1 aliphatic rings. The SMILES string of the molecule is CCOC(=O)c1c(NC(=O)/C(C#N)=C/c2ccccc2OCc2ccc(Cl)cc2)sc2c1CCCC2. The third-order valence-electron chi connectivity index (χ3n) is 5.77. The van der Waals surface area contributed by atoms with Crippen LogP contribution in [-0.2, 0) is 29.0 Å². The zero-order valence-electron chi connectivity index (χ0n) is 19.8. The van der Waals surface area contributed by atoms with Gasteiger partial charge in [0.05, 0.1) is 12.2 Å². The number of nitrogens with one attached hydrogen (secondary N) is 1. The molecule has 6 nitrogen and oxygen atoms in total. The number of ether oxygens (including phenoxy) is 2. The van der Waals surface area contributed by atoms with Gasteiger partial charge in [-0.3, -0.25) is 4.79 Å². The van der Waals surface area contributed by atoms with Crippen LogP contribution in [0.1, 0.15) is 51.7 Å². The van der Waals surface area contributed by atoms with Crippen LogP contribution in [0.5, 0.6) is 5.75 Å². The summed E-state index contributed by atoms with van der Waals surface area (Å²) in [6.45, 7) is 2.30. The molecule has 1 N–H and O–H groups in total. The van der Waals surface area contributed by atoms with E-state index >= 15 is 0 Å². The van der Waals surface area contributed by atoms with Gasteiger partial charge in [-0.1, -0.05) is 41.9 Å².